The Labute approximate surface area is 97.7 Å². The molecule has 6 heteroatoms. The van der Waals surface area contributed by atoms with Crippen LogP contribution < -0.4 is 10.5 Å². The fraction of sp³-hybridized carbons (Fsp3) is 0.889. The van der Waals surface area contributed by atoms with Gasteiger partial charge in [-0.2, -0.15) is 0 Å². The molecule has 0 saturated heterocycles. The van der Waals surface area contributed by atoms with Gasteiger partial charge in [0.05, 0.1) is 4.99 Å². The van der Waals surface area contributed by atoms with E-state index >= 15 is 0 Å². The first-order chi connectivity index (χ1) is 6.87. The Morgan fingerprint density at radius 3 is 2.53 bits per heavy atom. The molecule has 1 atom stereocenters. The van der Waals surface area contributed by atoms with Gasteiger partial charge >= 0.3 is 0 Å². The highest BCUT2D eigenvalue weighted by Crippen LogP contribution is 2.03. The topological polar surface area (TPSA) is 72.2 Å². The number of hydrogen-bond donors (Lipinski definition) is 2. The first-order valence-corrected chi connectivity index (χ1v) is 7.21. The molecule has 0 radical (unpaired) electrons. The summed E-state index contributed by atoms with van der Waals surface area (Å²) in [6, 6.07) is -0.0455. The van der Waals surface area contributed by atoms with E-state index in [9.17, 15) is 8.42 Å². The molecule has 0 spiro atoms. The number of nitrogens with one attached hydrogen (secondary N) is 1. The molecular formula is C9H20N2O2S2. The van der Waals surface area contributed by atoms with E-state index in [1.54, 1.807) is 0 Å². The minimum Gasteiger partial charge on any atom is -0.392 e. The molecule has 0 amide bonds. The molecule has 0 rings (SSSR count). The normalized spacial score (nSPS) is 13.7. The van der Waals surface area contributed by atoms with Gasteiger partial charge in [-0.3, -0.25) is 0 Å². The van der Waals surface area contributed by atoms with E-state index in [0.29, 0.717) is 0 Å². The Hall–Kier alpha value is -0.200. The summed E-state index contributed by atoms with van der Waals surface area (Å²) in [6.45, 7) is 3.97. The van der Waals surface area contributed by atoms with Crippen molar-refractivity contribution in [3.8, 4) is 0 Å². The first kappa shape index (κ1) is 14.8. The maximum Gasteiger partial charge on any atom is 0.218 e. The summed E-state index contributed by atoms with van der Waals surface area (Å²) < 4.78 is 25.4. The van der Waals surface area contributed by atoms with Gasteiger partial charge in [0, 0.05) is 6.04 Å². The van der Waals surface area contributed by atoms with Gasteiger partial charge in [0.2, 0.25) is 10.0 Å². The van der Waals surface area contributed by atoms with Crippen LogP contribution in [0.5, 0.6) is 0 Å². The SMILES string of the molecule is CCCCCC(C)NS(=O)(=O)CC(N)=S. The molecule has 0 heterocycles. The van der Waals surface area contributed by atoms with Crippen LogP contribution in [-0.2, 0) is 10.0 Å². The van der Waals surface area contributed by atoms with Gasteiger partial charge in [0.1, 0.15) is 5.75 Å². The minimum atomic E-state index is -3.33. The Kier molecular flexibility index (Phi) is 7.04. The van der Waals surface area contributed by atoms with Gasteiger partial charge in [-0.05, 0) is 13.3 Å². The maximum atomic E-state index is 11.4. The molecule has 4 nitrogen and oxygen atoms in total. The first-order valence-electron chi connectivity index (χ1n) is 5.15. The van der Waals surface area contributed by atoms with Crippen molar-refractivity contribution in [1.82, 2.24) is 4.72 Å². The summed E-state index contributed by atoms with van der Waals surface area (Å²) in [7, 11) is -3.33. The summed E-state index contributed by atoms with van der Waals surface area (Å²) in [5.74, 6) is -0.263. The third kappa shape index (κ3) is 8.77. The van der Waals surface area contributed by atoms with Crippen LogP contribution in [0.2, 0.25) is 0 Å². The summed E-state index contributed by atoms with van der Waals surface area (Å²) >= 11 is 4.56. The lowest BCUT2D eigenvalue weighted by Gasteiger charge is -2.13. The second kappa shape index (κ2) is 7.14. The van der Waals surface area contributed by atoms with Crippen molar-refractivity contribution in [3.05, 3.63) is 0 Å². The Morgan fingerprint density at radius 2 is 2.07 bits per heavy atom. The predicted molar refractivity (Wildman–Crippen MR) is 67.3 cm³/mol. The van der Waals surface area contributed by atoms with Gasteiger partial charge in [0.15, 0.2) is 0 Å². The Balaban J connectivity index is 3.94. The van der Waals surface area contributed by atoms with Crippen molar-refractivity contribution in [2.45, 2.75) is 45.6 Å². The van der Waals surface area contributed by atoms with E-state index in [0.717, 1.165) is 25.7 Å². The van der Waals surface area contributed by atoms with E-state index in [4.69, 9.17) is 5.73 Å². The summed E-state index contributed by atoms with van der Waals surface area (Å²) in [5.41, 5.74) is 5.19. The zero-order chi connectivity index (χ0) is 11.9. The fourth-order valence-corrected chi connectivity index (χ4v) is 2.95. The molecule has 0 aromatic heterocycles. The van der Waals surface area contributed by atoms with Crippen LogP contribution in [0.3, 0.4) is 0 Å². The van der Waals surface area contributed by atoms with Crippen molar-refractivity contribution >= 4 is 27.2 Å². The standard InChI is InChI=1S/C9H20N2O2S2/c1-3-4-5-6-8(2)11-15(12,13)7-9(10)14/h8,11H,3-7H2,1-2H3,(H2,10,14). The number of sulfonamides is 1. The van der Waals surface area contributed by atoms with Crippen molar-refractivity contribution in [2.24, 2.45) is 5.73 Å². The molecule has 15 heavy (non-hydrogen) atoms. The highest BCUT2D eigenvalue weighted by atomic mass is 32.2. The number of hydrogen-bond acceptors (Lipinski definition) is 3. The molecule has 0 bridgehead atoms. The third-order valence-corrected chi connectivity index (χ3v) is 3.73. The van der Waals surface area contributed by atoms with Crippen LogP contribution in [0.25, 0.3) is 0 Å². The molecule has 1 unspecified atom stereocenters. The monoisotopic (exact) mass is 252 g/mol. The predicted octanol–water partition coefficient (Wildman–Crippen LogP) is 1.16. The van der Waals surface area contributed by atoms with Gasteiger partial charge in [-0.25, -0.2) is 13.1 Å². The molecule has 0 aromatic rings. The zero-order valence-corrected chi connectivity index (χ0v) is 11.0. The molecule has 0 aliphatic heterocycles. The third-order valence-electron chi connectivity index (χ3n) is 1.95. The Bertz CT molecular complexity index is 288. The van der Waals surface area contributed by atoms with Crippen molar-refractivity contribution in [2.75, 3.05) is 5.75 Å². The van der Waals surface area contributed by atoms with Crippen LogP contribution in [0.1, 0.15) is 39.5 Å². The molecule has 0 aliphatic carbocycles. The molecular weight excluding hydrogens is 232 g/mol. The summed E-state index contributed by atoms with van der Waals surface area (Å²) in [4.78, 5) is 0.00302. The highest BCUT2D eigenvalue weighted by molar-refractivity contribution is 7.92. The van der Waals surface area contributed by atoms with Gasteiger partial charge in [-0.15, -0.1) is 0 Å². The minimum absolute atomic E-state index is 0.00302. The Morgan fingerprint density at radius 1 is 1.47 bits per heavy atom. The number of thiocarbonyl (C=S) groups is 1. The van der Waals surface area contributed by atoms with E-state index in [2.05, 4.69) is 23.9 Å². The van der Waals surface area contributed by atoms with Crippen LogP contribution in [0.15, 0.2) is 0 Å². The van der Waals surface area contributed by atoms with Crippen molar-refractivity contribution in [3.63, 3.8) is 0 Å². The average Bonchev–Trinajstić information content (AvgIpc) is 2.00. The lowest BCUT2D eigenvalue weighted by atomic mass is 10.1. The maximum absolute atomic E-state index is 11.4. The summed E-state index contributed by atoms with van der Waals surface area (Å²) in [5, 5.41) is 0. The van der Waals surface area contributed by atoms with Crippen LogP contribution in [0, 0.1) is 0 Å². The van der Waals surface area contributed by atoms with E-state index in [-0.39, 0.29) is 16.8 Å². The average molecular weight is 252 g/mol. The van der Waals surface area contributed by atoms with Gasteiger partial charge in [0.25, 0.3) is 0 Å². The molecule has 0 saturated carbocycles. The van der Waals surface area contributed by atoms with Crippen LogP contribution >= 0.6 is 12.2 Å². The second-order valence-corrected chi connectivity index (χ2v) is 6.02. The lowest BCUT2D eigenvalue weighted by molar-refractivity contribution is 0.529. The molecule has 0 aromatic carbocycles. The molecule has 0 fully saturated rings. The van der Waals surface area contributed by atoms with E-state index in [1.165, 1.54) is 0 Å². The largest absolute Gasteiger partial charge is 0.392 e. The van der Waals surface area contributed by atoms with Crippen molar-refractivity contribution < 1.29 is 8.42 Å². The van der Waals surface area contributed by atoms with Gasteiger partial charge in [-0.1, -0.05) is 38.4 Å². The zero-order valence-electron chi connectivity index (χ0n) is 9.32. The fourth-order valence-electron chi connectivity index (χ4n) is 1.29. The number of rotatable bonds is 8. The molecule has 3 N–H and O–H groups in total. The second-order valence-electron chi connectivity index (χ2n) is 3.74. The van der Waals surface area contributed by atoms with Crippen LogP contribution in [-0.4, -0.2) is 25.2 Å². The van der Waals surface area contributed by atoms with Crippen LogP contribution in [0.4, 0.5) is 0 Å². The number of nitrogens with two attached hydrogens (primary N) is 1. The molecule has 0 aliphatic rings. The van der Waals surface area contributed by atoms with Crippen molar-refractivity contribution in [1.29, 1.82) is 0 Å². The number of unbranched alkanes of at least 4 members (excludes halogenated alkanes) is 2. The van der Waals surface area contributed by atoms with E-state index in [1.807, 2.05) is 6.92 Å². The molecule has 90 valence electrons. The van der Waals surface area contributed by atoms with E-state index < -0.39 is 10.0 Å². The highest BCUT2D eigenvalue weighted by Gasteiger charge is 2.14. The quantitative estimate of drug-likeness (QED) is 0.502. The van der Waals surface area contributed by atoms with Gasteiger partial charge < -0.3 is 5.73 Å². The lowest BCUT2D eigenvalue weighted by Crippen LogP contribution is -2.37. The smallest absolute Gasteiger partial charge is 0.218 e. The summed E-state index contributed by atoms with van der Waals surface area (Å²) in [6.07, 6.45) is 4.14.